The molecule has 2 aromatic carbocycles. The van der Waals surface area contributed by atoms with E-state index in [9.17, 15) is 19.6 Å². The number of ether oxygens (including phenoxy) is 2. The second kappa shape index (κ2) is 8.86. The Kier molecular flexibility index (Phi) is 5.69. The first-order valence-electron chi connectivity index (χ1n) is 11.3. The fourth-order valence-electron chi connectivity index (χ4n) is 5.34. The minimum absolute atomic E-state index is 0.304. The van der Waals surface area contributed by atoms with E-state index in [2.05, 4.69) is 6.07 Å². The van der Waals surface area contributed by atoms with Gasteiger partial charge in [-0.1, -0.05) is 30.4 Å². The lowest BCUT2D eigenvalue weighted by atomic mass is 9.70. The maximum Gasteiger partial charge on any atom is 0.329 e. The van der Waals surface area contributed by atoms with Crippen LogP contribution >= 0.6 is 0 Å². The number of anilines is 1. The molecule has 3 heterocycles. The zero-order valence-corrected chi connectivity index (χ0v) is 19.6. The first-order valence-corrected chi connectivity index (χ1v) is 11.3. The van der Waals surface area contributed by atoms with Crippen LogP contribution in [0.3, 0.4) is 0 Å². The van der Waals surface area contributed by atoms with Crippen LogP contribution in [-0.2, 0) is 14.3 Å². The Balaban J connectivity index is 1.72. The van der Waals surface area contributed by atoms with Gasteiger partial charge in [0.05, 0.1) is 31.4 Å². The van der Waals surface area contributed by atoms with Crippen LogP contribution in [-0.4, -0.2) is 36.9 Å². The molecule has 0 N–H and O–H groups in total. The number of fused-ring (bicyclic) bond motifs is 3. The van der Waals surface area contributed by atoms with E-state index in [1.165, 1.54) is 32.4 Å². The number of furan rings is 1. The van der Waals surface area contributed by atoms with E-state index >= 15 is 0 Å². The number of carbonyl (C=O) groups excluding carboxylic acids is 3. The molecule has 1 aromatic heterocycles. The summed E-state index contributed by atoms with van der Waals surface area (Å²) < 4.78 is 16.0. The molecule has 2 aliphatic heterocycles. The molecule has 4 atom stereocenters. The predicted molar refractivity (Wildman–Crippen MR) is 129 cm³/mol. The van der Waals surface area contributed by atoms with Crippen LogP contribution in [0.5, 0.6) is 5.75 Å². The van der Waals surface area contributed by atoms with Gasteiger partial charge in [-0.05, 0) is 48.0 Å². The topological polar surface area (TPSA) is 110 Å². The lowest BCUT2D eigenvalue weighted by Gasteiger charge is -2.36. The number of nitriles is 1. The number of hydrogen-bond donors (Lipinski definition) is 0. The van der Waals surface area contributed by atoms with E-state index in [-0.39, 0.29) is 5.78 Å². The lowest BCUT2D eigenvalue weighted by Crippen LogP contribution is -2.46. The molecule has 0 amide bonds. The van der Waals surface area contributed by atoms with Gasteiger partial charge in [-0.15, -0.1) is 0 Å². The van der Waals surface area contributed by atoms with Crippen molar-refractivity contribution in [1.82, 2.24) is 0 Å². The van der Waals surface area contributed by atoms with Gasteiger partial charge >= 0.3 is 11.9 Å². The summed E-state index contributed by atoms with van der Waals surface area (Å²) >= 11 is 0. The predicted octanol–water partition coefficient (Wildman–Crippen LogP) is 4.14. The average molecular weight is 482 g/mol. The second-order valence-electron chi connectivity index (χ2n) is 8.66. The molecule has 0 spiro atoms. The van der Waals surface area contributed by atoms with Gasteiger partial charge in [-0.3, -0.25) is 14.4 Å². The third-order valence-corrected chi connectivity index (χ3v) is 6.77. The fraction of sp³-hybridized carbons (Fsp3) is 0.214. The Morgan fingerprint density at radius 2 is 1.81 bits per heavy atom. The van der Waals surface area contributed by atoms with Crippen molar-refractivity contribution < 1.29 is 28.3 Å². The summed E-state index contributed by atoms with van der Waals surface area (Å²) in [5.74, 6) is -1.87. The van der Waals surface area contributed by atoms with Gasteiger partial charge in [0, 0.05) is 18.2 Å². The summed E-state index contributed by atoms with van der Waals surface area (Å²) in [5, 5.41) is 10.6. The van der Waals surface area contributed by atoms with Gasteiger partial charge in [0.25, 0.3) is 0 Å². The Bertz CT molecular complexity index is 1400. The third kappa shape index (κ3) is 3.40. The van der Waals surface area contributed by atoms with Gasteiger partial charge in [-0.25, -0.2) is 0 Å². The van der Waals surface area contributed by atoms with Crippen LogP contribution in [0.2, 0.25) is 0 Å². The Hall–Kier alpha value is -4.64. The molecule has 0 radical (unpaired) electrons. The standard InChI is InChI=1S/C28H22N2O6/c1-17(31)36-20-12-9-19(10-13-20)26(32)25-24(22-8-5-15-35-22)28(16-29,27(33)34-2)23-14-11-18-6-3-4-7-21(18)30(23)25/h3-15,23-25H,1-2H3. The number of para-hydroxylation sites is 1. The van der Waals surface area contributed by atoms with E-state index in [0.29, 0.717) is 17.1 Å². The minimum atomic E-state index is -1.76. The second-order valence-corrected chi connectivity index (χ2v) is 8.66. The number of esters is 2. The average Bonchev–Trinajstić information content (AvgIpc) is 3.52. The maximum absolute atomic E-state index is 14.2. The van der Waals surface area contributed by atoms with Gasteiger partial charge in [0.1, 0.15) is 17.6 Å². The van der Waals surface area contributed by atoms with Gasteiger partial charge in [0.15, 0.2) is 11.2 Å². The largest absolute Gasteiger partial charge is 0.469 e. The molecule has 8 nitrogen and oxygen atoms in total. The maximum atomic E-state index is 14.2. The van der Waals surface area contributed by atoms with Crippen molar-refractivity contribution in [1.29, 1.82) is 5.26 Å². The monoisotopic (exact) mass is 482 g/mol. The molecule has 1 fully saturated rings. The van der Waals surface area contributed by atoms with Crippen LogP contribution < -0.4 is 9.64 Å². The number of nitrogens with zero attached hydrogens (tertiary/aromatic N) is 2. The fourth-order valence-corrected chi connectivity index (χ4v) is 5.34. The van der Waals surface area contributed by atoms with Crippen LogP contribution in [0, 0.1) is 16.7 Å². The smallest absolute Gasteiger partial charge is 0.329 e. The molecular weight excluding hydrogens is 460 g/mol. The third-order valence-electron chi connectivity index (χ3n) is 6.77. The van der Waals surface area contributed by atoms with Crippen molar-refractivity contribution in [3.05, 3.63) is 89.9 Å². The number of Topliss-reactive ketones (excluding diaryl/α,β-unsaturated/α-hetero) is 1. The van der Waals surface area contributed by atoms with Crippen molar-refractivity contribution in [2.75, 3.05) is 12.0 Å². The highest BCUT2D eigenvalue weighted by atomic mass is 16.5. The highest BCUT2D eigenvalue weighted by Crippen LogP contribution is 2.56. The summed E-state index contributed by atoms with van der Waals surface area (Å²) in [6.45, 7) is 1.29. The van der Waals surface area contributed by atoms with Gasteiger partial charge in [0.2, 0.25) is 0 Å². The summed E-state index contributed by atoms with van der Waals surface area (Å²) in [6, 6.07) is 17.5. The van der Waals surface area contributed by atoms with Crippen LogP contribution in [0.4, 0.5) is 5.69 Å². The number of hydrogen-bond acceptors (Lipinski definition) is 8. The van der Waals surface area contributed by atoms with Crippen molar-refractivity contribution in [2.24, 2.45) is 5.41 Å². The number of benzene rings is 2. The summed E-state index contributed by atoms with van der Waals surface area (Å²) in [5.41, 5.74) is 0.150. The zero-order chi connectivity index (χ0) is 25.4. The first kappa shape index (κ1) is 23.1. The molecule has 0 bridgehead atoms. The lowest BCUT2D eigenvalue weighted by molar-refractivity contribution is -0.150. The Labute approximate surface area is 207 Å². The summed E-state index contributed by atoms with van der Waals surface area (Å²) in [4.78, 5) is 40.7. The molecule has 5 rings (SSSR count). The number of carbonyl (C=O) groups is 3. The molecule has 180 valence electrons. The number of methoxy groups -OCH3 is 1. The first-order chi connectivity index (χ1) is 17.4. The highest BCUT2D eigenvalue weighted by Gasteiger charge is 2.68. The molecule has 1 saturated heterocycles. The van der Waals surface area contributed by atoms with Crippen molar-refractivity contribution in [2.45, 2.75) is 24.9 Å². The summed E-state index contributed by atoms with van der Waals surface area (Å²) in [7, 11) is 1.23. The number of rotatable bonds is 5. The molecule has 8 heteroatoms. The Morgan fingerprint density at radius 1 is 1.06 bits per heavy atom. The minimum Gasteiger partial charge on any atom is -0.469 e. The van der Waals surface area contributed by atoms with Crippen LogP contribution in [0.25, 0.3) is 6.08 Å². The summed E-state index contributed by atoms with van der Waals surface area (Å²) in [6.07, 6.45) is 5.08. The normalized spacial score (nSPS) is 23.8. The Morgan fingerprint density at radius 3 is 2.44 bits per heavy atom. The van der Waals surface area contributed by atoms with E-state index in [4.69, 9.17) is 13.9 Å². The van der Waals surface area contributed by atoms with Crippen LogP contribution in [0.15, 0.2) is 77.4 Å². The molecule has 4 unspecified atom stereocenters. The molecule has 36 heavy (non-hydrogen) atoms. The van der Waals surface area contributed by atoms with Crippen molar-refractivity contribution in [3.63, 3.8) is 0 Å². The molecule has 0 saturated carbocycles. The highest BCUT2D eigenvalue weighted by molar-refractivity contribution is 6.06. The van der Waals surface area contributed by atoms with Gasteiger partial charge in [-0.2, -0.15) is 5.26 Å². The van der Waals surface area contributed by atoms with E-state index < -0.39 is 35.4 Å². The SMILES string of the molecule is COC(=O)C1(C#N)C(c2ccco2)C(C(=O)c2ccc(OC(C)=O)cc2)N2c3ccccc3C=CC21. The molecule has 2 aliphatic rings. The molecule has 0 aliphatic carbocycles. The van der Waals surface area contributed by atoms with Crippen molar-refractivity contribution >= 4 is 29.5 Å². The molecule has 3 aromatic rings. The van der Waals surface area contributed by atoms with E-state index in [0.717, 1.165) is 11.3 Å². The van der Waals surface area contributed by atoms with E-state index in [1.54, 1.807) is 30.3 Å². The molecular formula is C28H22N2O6. The number of ketones is 1. The van der Waals surface area contributed by atoms with E-state index in [1.807, 2.05) is 35.2 Å². The van der Waals surface area contributed by atoms with Crippen LogP contribution in [0.1, 0.15) is 34.5 Å². The zero-order valence-electron chi connectivity index (χ0n) is 19.6. The quantitative estimate of drug-likeness (QED) is 0.303. The van der Waals surface area contributed by atoms with Gasteiger partial charge < -0.3 is 18.8 Å². The van der Waals surface area contributed by atoms with Crippen molar-refractivity contribution in [3.8, 4) is 11.8 Å².